The Morgan fingerprint density at radius 3 is 2.82 bits per heavy atom. The molecule has 0 saturated heterocycles. The highest BCUT2D eigenvalue weighted by atomic mass is 79.9. The predicted octanol–water partition coefficient (Wildman–Crippen LogP) is 2.94. The monoisotopic (exact) mass is 296 g/mol. The van der Waals surface area contributed by atoms with Crippen molar-refractivity contribution in [2.24, 2.45) is 0 Å². The van der Waals surface area contributed by atoms with Crippen molar-refractivity contribution in [3.8, 4) is 0 Å². The van der Waals surface area contributed by atoms with Crippen LogP contribution < -0.4 is 10.6 Å². The fourth-order valence-corrected chi connectivity index (χ4v) is 1.63. The number of nitrogens with one attached hydrogen (secondary N) is 2. The predicted molar refractivity (Wildman–Crippen MR) is 75.1 cm³/mol. The van der Waals surface area contributed by atoms with Gasteiger partial charge in [0.2, 0.25) is 5.91 Å². The zero-order valence-corrected chi connectivity index (χ0v) is 11.7. The highest BCUT2D eigenvalue weighted by molar-refractivity contribution is 9.10. The van der Waals surface area contributed by atoms with Gasteiger partial charge < -0.3 is 10.6 Å². The molecular weight excluding hydrogens is 280 g/mol. The summed E-state index contributed by atoms with van der Waals surface area (Å²) in [6.07, 6.45) is 2.05. The van der Waals surface area contributed by atoms with Crippen LogP contribution in [0.15, 0.2) is 40.4 Å². The molecule has 0 heterocycles. The van der Waals surface area contributed by atoms with E-state index >= 15 is 0 Å². The van der Waals surface area contributed by atoms with E-state index in [1.807, 2.05) is 44.2 Å². The molecule has 17 heavy (non-hydrogen) atoms. The minimum atomic E-state index is -0.0368. The lowest BCUT2D eigenvalue weighted by molar-refractivity contribution is -0.115. The summed E-state index contributed by atoms with van der Waals surface area (Å²) in [7, 11) is 0. The zero-order valence-electron chi connectivity index (χ0n) is 10.1. The minimum absolute atomic E-state index is 0.0368. The van der Waals surface area contributed by atoms with Gasteiger partial charge in [-0.25, -0.2) is 0 Å². The molecule has 0 atom stereocenters. The van der Waals surface area contributed by atoms with Crippen molar-refractivity contribution in [3.05, 3.63) is 40.4 Å². The number of carbonyl (C=O) groups is 1. The Morgan fingerprint density at radius 1 is 1.41 bits per heavy atom. The number of hydrogen-bond donors (Lipinski definition) is 2. The van der Waals surface area contributed by atoms with Gasteiger partial charge in [0, 0.05) is 16.7 Å². The zero-order chi connectivity index (χ0) is 12.7. The molecular formula is C13H17BrN2O. The van der Waals surface area contributed by atoms with E-state index in [1.165, 1.54) is 5.57 Å². The van der Waals surface area contributed by atoms with E-state index in [1.54, 1.807) is 0 Å². The average molecular weight is 297 g/mol. The van der Waals surface area contributed by atoms with Crippen molar-refractivity contribution in [3.63, 3.8) is 0 Å². The molecule has 0 aromatic heterocycles. The third-order valence-corrected chi connectivity index (χ3v) is 2.54. The first kappa shape index (κ1) is 13.9. The van der Waals surface area contributed by atoms with Crippen LogP contribution in [0.3, 0.4) is 0 Å². The number of rotatable bonds is 5. The molecule has 0 aliphatic carbocycles. The van der Waals surface area contributed by atoms with Crippen LogP contribution in [0, 0.1) is 0 Å². The van der Waals surface area contributed by atoms with Crippen LogP contribution in [0.4, 0.5) is 5.69 Å². The van der Waals surface area contributed by atoms with Crippen molar-refractivity contribution >= 4 is 27.5 Å². The summed E-state index contributed by atoms with van der Waals surface area (Å²) >= 11 is 3.36. The molecule has 0 radical (unpaired) electrons. The molecule has 0 saturated carbocycles. The SMILES string of the molecule is CC(C)=CCNCC(=O)Nc1cccc(Br)c1. The molecule has 92 valence electrons. The third kappa shape index (κ3) is 6.24. The van der Waals surface area contributed by atoms with Crippen molar-refractivity contribution in [1.82, 2.24) is 5.32 Å². The van der Waals surface area contributed by atoms with Gasteiger partial charge in [0.1, 0.15) is 0 Å². The van der Waals surface area contributed by atoms with E-state index in [9.17, 15) is 4.79 Å². The normalized spacial score (nSPS) is 9.82. The minimum Gasteiger partial charge on any atom is -0.325 e. The standard InChI is InChI=1S/C13H17BrN2O/c1-10(2)6-7-15-9-13(17)16-12-5-3-4-11(14)8-12/h3-6,8,15H,7,9H2,1-2H3,(H,16,17). The maximum Gasteiger partial charge on any atom is 0.238 e. The van der Waals surface area contributed by atoms with E-state index < -0.39 is 0 Å². The Balaban J connectivity index is 2.32. The Hall–Kier alpha value is -1.13. The Kier molecular flexibility index (Phi) is 5.94. The van der Waals surface area contributed by atoms with Gasteiger partial charge in [-0.2, -0.15) is 0 Å². The van der Waals surface area contributed by atoms with Crippen LogP contribution in [0.2, 0.25) is 0 Å². The second-order valence-electron chi connectivity index (χ2n) is 3.97. The largest absolute Gasteiger partial charge is 0.325 e. The number of amides is 1. The van der Waals surface area contributed by atoms with Crippen molar-refractivity contribution in [1.29, 1.82) is 0 Å². The Bertz CT molecular complexity index is 412. The number of hydrogen-bond acceptors (Lipinski definition) is 2. The summed E-state index contributed by atoms with van der Waals surface area (Å²) in [6.45, 7) is 5.09. The number of carbonyl (C=O) groups excluding carboxylic acids is 1. The number of halogens is 1. The quantitative estimate of drug-likeness (QED) is 0.648. The summed E-state index contributed by atoms with van der Waals surface area (Å²) < 4.78 is 0.952. The van der Waals surface area contributed by atoms with Gasteiger partial charge in [-0.3, -0.25) is 4.79 Å². The second-order valence-corrected chi connectivity index (χ2v) is 4.89. The van der Waals surface area contributed by atoms with Crippen LogP contribution in [0.25, 0.3) is 0 Å². The molecule has 1 rings (SSSR count). The van der Waals surface area contributed by atoms with Crippen molar-refractivity contribution in [2.75, 3.05) is 18.4 Å². The van der Waals surface area contributed by atoms with E-state index in [2.05, 4.69) is 26.6 Å². The first-order valence-electron chi connectivity index (χ1n) is 5.47. The summed E-state index contributed by atoms with van der Waals surface area (Å²) in [5.41, 5.74) is 2.04. The molecule has 0 fully saturated rings. The van der Waals surface area contributed by atoms with Crippen LogP contribution >= 0.6 is 15.9 Å². The van der Waals surface area contributed by atoms with Gasteiger partial charge in [0.05, 0.1) is 6.54 Å². The average Bonchev–Trinajstić information content (AvgIpc) is 2.24. The molecule has 2 N–H and O–H groups in total. The van der Waals surface area contributed by atoms with Crippen molar-refractivity contribution in [2.45, 2.75) is 13.8 Å². The maximum atomic E-state index is 11.6. The summed E-state index contributed by atoms with van der Waals surface area (Å²) in [5.74, 6) is -0.0368. The molecule has 0 spiro atoms. The molecule has 4 heteroatoms. The third-order valence-electron chi connectivity index (χ3n) is 2.05. The second kappa shape index (κ2) is 7.25. The van der Waals surface area contributed by atoms with E-state index in [0.29, 0.717) is 13.1 Å². The molecule has 1 aromatic rings. The number of benzene rings is 1. The topological polar surface area (TPSA) is 41.1 Å². The first-order valence-corrected chi connectivity index (χ1v) is 6.27. The van der Waals surface area contributed by atoms with Crippen LogP contribution in [-0.2, 0) is 4.79 Å². The maximum absolute atomic E-state index is 11.6. The molecule has 0 bridgehead atoms. The van der Waals surface area contributed by atoms with Crippen LogP contribution in [-0.4, -0.2) is 19.0 Å². The lowest BCUT2D eigenvalue weighted by Gasteiger charge is -2.05. The van der Waals surface area contributed by atoms with Gasteiger partial charge in [-0.05, 0) is 32.0 Å². The smallest absolute Gasteiger partial charge is 0.238 e. The highest BCUT2D eigenvalue weighted by Gasteiger charge is 2.00. The molecule has 0 unspecified atom stereocenters. The molecule has 0 aliphatic heterocycles. The number of anilines is 1. The summed E-state index contributed by atoms with van der Waals surface area (Å²) in [5, 5.41) is 5.87. The molecule has 1 amide bonds. The van der Waals surface area contributed by atoms with Gasteiger partial charge in [-0.1, -0.05) is 33.6 Å². The fourth-order valence-electron chi connectivity index (χ4n) is 1.23. The van der Waals surface area contributed by atoms with Gasteiger partial charge in [0.25, 0.3) is 0 Å². The van der Waals surface area contributed by atoms with Gasteiger partial charge in [0.15, 0.2) is 0 Å². The summed E-state index contributed by atoms with van der Waals surface area (Å²) in [4.78, 5) is 11.6. The molecule has 3 nitrogen and oxygen atoms in total. The lowest BCUT2D eigenvalue weighted by atomic mass is 10.3. The highest BCUT2D eigenvalue weighted by Crippen LogP contribution is 2.15. The lowest BCUT2D eigenvalue weighted by Crippen LogP contribution is -2.28. The Labute approximate surface area is 110 Å². The van der Waals surface area contributed by atoms with E-state index in [0.717, 1.165) is 10.2 Å². The van der Waals surface area contributed by atoms with Crippen LogP contribution in [0.1, 0.15) is 13.8 Å². The Morgan fingerprint density at radius 2 is 2.18 bits per heavy atom. The van der Waals surface area contributed by atoms with Gasteiger partial charge in [-0.15, -0.1) is 0 Å². The van der Waals surface area contributed by atoms with Crippen molar-refractivity contribution < 1.29 is 4.79 Å². The van der Waals surface area contributed by atoms with Gasteiger partial charge >= 0.3 is 0 Å². The van der Waals surface area contributed by atoms with E-state index in [-0.39, 0.29) is 5.91 Å². The number of allylic oxidation sites excluding steroid dienone is 1. The first-order chi connectivity index (χ1) is 8.08. The molecule has 0 aliphatic rings. The van der Waals surface area contributed by atoms with E-state index in [4.69, 9.17) is 0 Å². The summed E-state index contributed by atoms with van der Waals surface area (Å²) in [6, 6.07) is 7.53. The van der Waals surface area contributed by atoms with Crippen LogP contribution in [0.5, 0.6) is 0 Å². The molecule has 1 aromatic carbocycles. The fraction of sp³-hybridized carbons (Fsp3) is 0.308.